The first kappa shape index (κ1) is 9.56. The molecule has 56 valence electrons. The van der Waals surface area contributed by atoms with Gasteiger partial charge in [-0.1, -0.05) is 0 Å². The van der Waals surface area contributed by atoms with Crippen LogP contribution >= 0.6 is 0 Å². The van der Waals surface area contributed by atoms with Crippen LogP contribution in [0.15, 0.2) is 4.99 Å². The van der Waals surface area contributed by atoms with Crippen molar-refractivity contribution in [1.82, 2.24) is 0 Å². The van der Waals surface area contributed by atoms with E-state index in [1.165, 1.54) is 6.08 Å². The largest absolute Gasteiger partial charge is 0.418 e. The van der Waals surface area contributed by atoms with E-state index in [0.717, 1.165) is 19.1 Å². The minimum absolute atomic E-state index is 0.554. The lowest BCUT2D eigenvalue weighted by Crippen LogP contribution is -1.97. The van der Waals surface area contributed by atoms with E-state index < -0.39 is 0 Å². The lowest BCUT2D eigenvalue weighted by molar-refractivity contribution is 0.359. The molecule has 0 rings (SSSR count). The summed E-state index contributed by atoms with van der Waals surface area (Å²) in [6.07, 6.45) is 2.42. The molecule has 0 aromatic carbocycles. The van der Waals surface area contributed by atoms with E-state index in [1.54, 1.807) is 0 Å². The highest BCUT2D eigenvalue weighted by molar-refractivity contribution is 6.26. The molecule has 0 saturated carbocycles. The lowest BCUT2D eigenvalue weighted by Gasteiger charge is -1.94. The van der Waals surface area contributed by atoms with Crippen LogP contribution in [0.5, 0.6) is 0 Å². The van der Waals surface area contributed by atoms with E-state index in [-0.39, 0.29) is 0 Å². The fourth-order valence-corrected chi connectivity index (χ4v) is 1.10. The molecule has 2 radical (unpaired) electrons. The molecule has 0 aliphatic heterocycles. The Kier molecular flexibility index (Phi) is 8.18. The number of nitrogens with zero attached hydrogens (tertiary/aromatic N) is 1. The average molecular weight is 157 g/mol. The number of isocyanates is 1. The molecule has 3 nitrogen and oxygen atoms in total. The number of carbonyl (C=O) groups excluding carboxylic acids is 1. The van der Waals surface area contributed by atoms with Crippen molar-refractivity contribution in [2.75, 3.05) is 13.2 Å². The minimum atomic E-state index is 0.554. The van der Waals surface area contributed by atoms with Crippen molar-refractivity contribution in [3.63, 3.8) is 0 Å². The van der Waals surface area contributed by atoms with Gasteiger partial charge in [0.05, 0.1) is 6.54 Å². The van der Waals surface area contributed by atoms with Gasteiger partial charge in [0.25, 0.3) is 0 Å². The Bertz CT molecular complexity index is 112. The number of aliphatic imine (C=N–C) groups is 1. The van der Waals surface area contributed by atoms with Crippen molar-refractivity contribution in [2.24, 2.45) is 4.99 Å². The highest BCUT2D eigenvalue weighted by atomic mass is 28.2. The molecule has 0 aliphatic carbocycles. The summed E-state index contributed by atoms with van der Waals surface area (Å²) in [5.74, 6) is 0. The van der Waals surface area contributed by atoms with Crippen molar-refractivity contribution in [1.29, 1.82) is 0 Å². The molecule has 0 atom stereocenters. The first-order chi connectivity index (χ1) is 4.91. The van der Waals surface area contributed by atoms with Crippen LogP contribution in [0.1, 0.15) is 13.3 Å². The summed E-state index contributed by atoms with van der Waals surface area (Å²) < 4.78 is 5.10. The fourth-order valence-electron chi connectivity index (χ4n) is 0.450. The van der Waals surface area contributed by atoms with Gasteiger partial charge in [0.15, 0.2) is 0 Å². The highest BCUT2D eigenvalue weighted by Crippen LogP contribution is 1.88. The summed E-state index contributed by atoms with van der Waals surface area (Å²) in [6.45, 7) is 3.33. The van der Waals surface area contributed by atoms with Crippen LogP contribution in [0.4, 0.5) is 0 Å². The van der Waals surface area contributed by atoms with Gasteiger partial charge in [-0.05, 0) is 19.4 Å². The van der Waals surface area contributed by atoms with Gasteiger partial charge in [0.1, 0.15) is 0 Å². The quantitative estimate of drug-likeness (QED) is 0.247. The molecule has 0 spiro atoms. The predicted octanol–water partition coefficient (Wildman–Crippen LogP) is 0.786. The fraction of sp³-hybridized carbons (Fsp3) is 0.833. The third kappa shape index (κ3) is 7.56. The maximum Gasteiger partial charge on any atom is 0.234 e. The van der Waals surface area contributed by atoms with Crippen molar-refractivity contribution in [3.05, 3.63) is 0 Å². The van der Waals surface area contributed by atoms with Gasteiger partial charge in [-0.2, -0.15) is 0 Å². The molecule has 0 N–H and O–H groups in total. The molecule has 0 unspecified atom stereocenters. The molecule has 0 amide bonds. The second-order valence-electron chi connectivity index (χ2n) is 1.65. The average Bonchev–Trinajstić information content (AvgIpc) is 1.97. The number of rotatable bonds is 6. The molecule has 10 heavy (non-hydrogen) atoms. The Balaban J connectivity index is 2.83. The third-order valence-electron chi connectivity index (χ3n) is 0.860. The van der Waals surface area contributed by atoms with Crippen LogP contribution in [-0.2, 0) is 9.22 Å². The zero-order chi connectivity index (χ0) is 7.66. The molecule has 4 heteroatoms. The summed E-state index contributed by atoms with van der Waals surface area (Å²) in [4.78, 5) is 13.0. The van der Waals surface area contributed by atoms with E-state index in [2.05, 4.69) is 4.99 Å². The van der Waals surface area contributed by atoms with Crippen LogP contribution in [0.3, 0.4) is 0 Å². The summed E-state index contributed by atoms with van der Waals surface area (Å²) in [5.41, 5.74) is 0. The summed E-state index contributed by atoms with van der Waals surface area (Å²) in [7, 11) is 0.554. The van der Waals surface area contributed by atoms with Crippen molar-refractivity contribution >= 4 is 15.8 Å². The van der Waals surface area contributed by atoms with E-state index in [1.807, 2.05) is 6.92 Å². The Morgan fingerprint density at radius 2 is 2.50 bits per heavy atom. The number of hydrogen-bond donors (Lipinski definition) is 0. The monoisotopic (exact) mass is 157 g/mol. The zero-order valence-corrected chi connectivity index (χ0v) is 7.09. The van der Waals surface area contributed by atoms with Gasteiger partial charge in [-0.15, -0.1) is 0 Å². The lowest BCUT2D eigenvalue weighted by atomic mass is 10.5. The van der Waals surface area contributed by atoms with Gasteiger partial charge >= 0.3 is 0 Å². The SMILES string of the molecule is CCO[Si]CCCN=C=O. The Labute approximate surface area is 63.4 Å². The molecular formula is C6H11NO2Si. The van der Waals surface area contributed by atoms with Gasteiger partial charge in [0, 0.05) is 6.61 Å². The summed E-state index contributed by atoms with van der Waals surface area (Å²) in [5, 5.41) is 0. The normalized spacial score (nSPS) is 8.90. The highest BCUT2D eigenvalue weighted by Gasteiger charge is 1.88. The molecule has 0 aromatic rings. The second-order valence-corrected chi connectivity index (χ2v) is 2.73. The number of hydrogen-bond acceptors (Lipinski definition) is 3. The smallest absolute Gasteiger partial charge is 0.234 e. The molecular weight excluding hydrogens is 146 g/mol. The second kappa shape index (κ2) is 8.56. The van der Waals surface area contributed by atoms with Gasteiger partial charge in [-0.3, -0.25) is 0 Å². The topological polar surface area (TPSA) is 38.7 Å². The van der Waals surface area contributed by atoms with Gasteiger partial charge in [0.2, 0.25) is 15.8 Å². The Morgan fingerprint density at radius 1 is 1.70 bits per heavy atom. The van der Waals surface area contributed by atoms with Crippen molar-refractivity contribution in [3.8, 4) is 0 Å². The van der Waals surface area contributed by atoms with Gasteiger partial charge in [-0.25, -0.2) is 9.79 Å². The predicted molar refractivity (Wildman–Crippen MR) is 39.8 cm³/mol. The molecule has 0 heterocycles. The maximum atomic E-state index is 9.57. The van der Waals surface area contributed by atoms with Crippen molar-refractivity contribution < 1.29 is 9.22 Å². The van der Waals surface area contributed by atoms with Gasteiger partial charge < -0.3 is 4.43 Å². The van der Waals surface area contributed by atoms with Crippen molar-refractivity contribution in [2.45, 2.75) is 19.4 Å². The summed E-state index contributed by atoms with van der Waals surface area (Å²) in [6, 6.07) is 0.999. The van der Waals surface area contributed by atoms with Crippen LogP contribution in [0.25, 0.3) is 0 Å². The van der Waals surface area contributed by atoms with Crippen LogP contribution in [0.2, 0.25) is 6.04 Å². The zero-order valence-electron chi connectivity index (χ0n) is 6.09. The Hall–Kier alpha value is -0.443. The van der Waals surface area contributed by atoms with Crippen LogP contribution in [-0.4, -0.2) is 29.0 Å². The first-order valence-corrected chi connectivity index (χ1v) is 4.41. The van der Waals surface area contributed by atoms with E-state index in [0.29, 0.717) is 16.3 Å². The molecule has 0 aliphatic rings. The Morgan fingerprint density at radius 3 is 3.10 bits per heavy atom. The molecule has 0 aromatic heterocycles. The summed E-state index contributed by atoms with van der Waals surface area (Å²) >= 11 is 0. The molecule has 0 fully saturated rings. The standard InChI is InChI=1S/C6H11NO2Si/c1-2-9-10-5-3-4-7-6-8/h2-5H2,1H3. The van der Waals surface area contributed by atoms with E-state index in [9.17, 15) is 4.79 Å². The van der Waals surface area contributed by atoms with Crippen LogP contribution in [0, 0.1) is 0 Å². The van der Waals surface area contributed by atoms with E-state index in [4.69, 9.17) is 4.43 Å². The maximum absolute atomic E-state index is 9.57. The minimum Gasteiger partial charge on any atom is -0.418 e. The van der Waals surface area contributed by atoms with E-state index >= 15 is 0 Å². The third-order valence-corrected chi connectivity index (χ3v) is 1.91. The molecule has 0 bridgehead atoms. The van der Waals surface area contributed by atoms with Crippen LogP contribution < -0.4 is 0 Å². The molecule has 0 saturated heterocycles. The first-order valence-electron chi connectivity index (χ1n) is 3.30.